The fraction of sp³-hybridized carbons (Fsp3) is 0.231. The zero-order valence-electron chi connectivity index (χ0n) is 9.40. The van der Waals surface area contributed by atoms with Gasteiger partial charge in [-0.15, -0.1) is 0 Å². The molecule has 0 atom stereocenters. The van der Waals surface area contributed by atoms with Crippen LogP contribution in [0.25, 0.3) is 11.3 Å². The van der Waals surface area contributed by atoms with Gasteiger partial charge in [0.15, 0.2) is 0 Å². The van der Waals surface area contributed by atoms with Crippen molar-refractivity contribution in [2.45, 2.75) is 19.8 Å². The summed E-state index contributed by atoms with van der Waals surface area (Å²) in [6, 6.07) is 10.4. The standard InChI is InChI=1S/C13H14N2S/c1-9(2)10-3-5-11(6-4-10)12-7-13(16)15-8-14-12/h3-9H,1-2H3,(H,14,15,16). The number of benzene rings is 1. The summed E-state index contributed by atoms with van der Waals surface area (Å²) in [5.41, 5.74) is 3.49. The van der Waals surface area contributed by atoms with Gasteiger partial charge in [-0.1, -0.05) is 50.3 Å². The molecule has 0 amide bonds. The van der Waals surface area contributed by atoms with Crippen LogP contribution >= 0.6 is 12.2 Å². The lowest BCUT2D eigenvalue weighted by molar-refractivity contribution is 0.867. The minimum atomic E-state index is 0.560. The highest BCUT2D eigenvalue weighted by atomic mass is 32.1. The zero-order chi connectivity index (χ0) is 11.5. The van der Waals surface area contributed by atoms with Gasteiger partial charge >= 0.3 is 0 Å². The molecule has 0 bridgehead atoms. The van der Waals surface area contributed by atoms with Crippen molar-refractivity contribution >= 4 is 12.2 Å². The summed E-state index contributed by atoms with van der Waals surface area (Å²) in [6.45, 7) is 4.38. The first-order valence-corrected chi connectivity index (χ1v) is 5.72. The van der Waals surface area contributed by atoms with Gasteiger partial charge in [0.05, 0.1) is 6.33 Å². The minimum Gasteiger partial charge on any atom is -0.346 e. The van der Waals surface area contributed by atoms with Crippen LogP contribution in [0.15, 0.2) is 36.7 Å². The molecule has 2 aromatic rings. The molecule has 3 heteroatoms. The number of H-pyrrole nitrogens is 1. The average Bonchev–Trinajstić information content (AvgIpc) is 2.29. The van der Waals surface area contributed by atoms with E-state index in [0.717, 1.165) is 11.3 Å². The number of hydrogen-bond acceptors (Lipinski definition) is 2. The predicted octanol–water partition coefficient (Wildman–Crippen LogP) is 3.93. The first-order valence-electron chi connectivity index (χ1n) is 5.32. The minimum absolute atomic E-state index is 0.560. The van der Waals surface area contributed by atoms with E-state index in [9.17, 15) is 0 Å². The molecule has 0 aliphatic heterocycles. The van der Waals surface area contributed by atoms with Crippen molar-refractivity contribution in [3.05, 3.63) is 46.9 Å². The molecule has 0 aliphatic carbocycles. The van der Waals surface area contributed by atoms with Crippen molar-refractivity contribution in [1.82, 2.24) is 9.97 Å². The van der Waals surface area contributed by atoms with Crippen LogP contribution in [0.1, 0.15) is 25.3 Å². The normalized spacial score (nSPS) is 10.7. The number of nitrogens with one attached hydrogen (secondary N) is 1. The number of aromatic amines is 1. The first-order chi connectivity index (χ1) is 7.66. The van der Waals surface area contributed by atoms with Crippen LogP contribution in [-0.2, 0) is 0 Å². The van der Waals surface area contributed by atoms with Crippen LogP contribution in [0.3, 0.4) is 0 Å². The number of rotatable bonds is 2. The van der Waals surface area contributed by atoms with Gasteiger partial charge in [-0.2, -0.15) is 0 Å². The molecule has 0 radical (unpaired) electrons. The lowest BCUT2D eigenvalue weighted by Crippen LogP contribution is -1.88. The summed E-state index contributed by atoms with van der Waals surface area (Å²) in [5.74, 6) is 0.560. The van der Waals surface area contributed by atoms with Crippen LogP contribution < -0.4 is 0 Å². The molecule has 1 N–H and O–H groups in total. The largest absolute Gasteiger partial charge is 0.346 e. The molecule has 0 saturated heterocycles. The van der Waals surface area contributed by atoms with Gasteiger partial charge in [0.25, 0.3) is 0 Å². The Bertz CT molecular complexity index is 526. The van der Waals surface area contributed by atoms with E-state index < -0.39 is 0 Å². The maximum absolute atomic E-state index is 5.04. The van der Waals surface area contributed by atoms with Crippen LogP contribution in [0.2, 0.25) is 0 Å². The van der Waals surface area contributed by atoms with E-state index in [0.29, 0.717) is 10.6 Å². The lowest BCUT2D eigenvalue weighted by atomic mass is 10.0. The van der Waals surface area contributed by atoms with Gasteiger partial charge in [-0.05, 0) is 23.1 Å². The molecule has 1 aromatic heterocycles. The Kier molecular flexibility index (Phi) is 3.15. The van der Waals surface area contributed by atoms with E-state index in [1.54, 1.807) is 6.33 Å². The smallest absolute Gasteiger partial charge is 0.130 e. The highest BCUT2D eigenvalue weighted by molar-refractivity contribution is 7.71. The molecular weight excluding hydrogens is 216 g/mol. The third kappa shape index (κ3) is 2.36. The maximum atomic E-state index is 5.04. The molecule has 1 aromatic carbocycles. The van der Waals surface area contributed by atoms with Crippen LogP contribution in [-0.4, -0.2) is 9.97 Å². The quantitative estimate of drug-likeness (QED) is 0.792. The second-order valence-electron chi connectivity index (χ2n) is 4.08. The molecule has 0 aliphatic rings. The molecule has 0 unspecified atom stereocenters. The molecule has 2 rings (SSSR count). The van der Waals surface area contributed by atoms with Crippen LogP contribution in [0, 0.1) is 4.64 Å². The van der Waals surface area contributed by atoms with Crippen molar-refractivity contribution in [2.24, 2.45) is 0 Å². The van der Waals surface area contributed by atoms with Gasteiger partial charge in [-0.3, -0.25) is 0 Å². The lowest BCUT2D eigenvalue weighted by Gasteiger charge is -2.06. The third-order valence-corrected chi connectivity index (χ3v) is 2.79. The Balaban J connectivity index is 2.38. The highest BCUT2D eigenvalue weighted by Gasteiger charge is 2.00. The van der Waals surface area contributed by atoms with Crippen molar-refractivity contribution < 1.29 is 0 Å². The van der Waals surface area contributed by atoms with E-state index >= 15 is 0 Å². The Morgan fingerprint density at radius 2 is 1.88 bits per heavy atom. The number of hydrogen-bond donors (Lipinski definition) is 1. The van der Waals surface area contributed by atoms with Crippen LogP contribution in [0.4, 0.5) is 0 Å². The molecule has 16 heavy (non-hydrogen) atoms. The molecule has 82 valence electrons. The van der Waals surface area contributed by atoms with E-state index in [4.69, 9.17) is 12.2 Å². The van der Waals surface area contributed by atoms with Crippen molar-refractivity contribution in [2.75, 3.05) is 0 Å². The maximum Gasteiger partial charge on any atom is 0.130 e. The first kappa shape index (κ1) is 11.0. The van der Waals surface area contributed by atoms with Crippen molar-refractivity contribution in [3.63, 3.8) is 0 Å². The van der Waals surface area contributed by atoms with Gasteiger partial charge in [-0.25, -0.2) is 4.98 Å². The van der Waals surface area contributed by atoms with Gasteiger partial charge in [0.2, 0.25) is 0 Å². The molecular formula is C13H14N2S. The van der Waals surface area contributed by atoms with Gasteiger partial charge < -0.3 is 4.98 Å². The average molecular weight is 230 g/mol. The van der Waals surface area contributed by atoms with E-state index in [1.807, 2.05) is 6.07 Å². The molecule has 0 spiro atoms. The SMILES string of the molecule is CC(C)c1ccc(-c2cc(=S)nc[nH]2)cc1. The molecule has 2 nitrogen and oxygen atoms in total. The van der Waals surface area contributed by atoms with E-state index in [1.165, 1.54) is 5.56 Å². The summed E-state index contributed by atoms with van der Waals surface area (Å²) in [7, 11) is 0. The van der Waals surface area contributed by atoms with Gasteiger partial charge in [0.1, 0.15) is 4.64 Å². The topological polar surface area (TPSA) is 28.7 Å². The van der Waals surface area contributed by atoms with E-state index in [2.05, 4.69) is 48.1 Å². The number of nitrogens with zero attached hydrogens (tertiary/aromatic N) is 1. The fourth-order valence-electron chi connectivity index (χ4n) is 1.58. The summed E-state index contributed by atoms with van der Waals surface area (Å²) >= 11 is 5.04. The fourth-order valence-corrected chi connectivity index (χ4v) is 1.75. The summed E-state index contributed by atoms with van der Waals surface area (Å²) in [4.78, 5) is 7.07. The zero-order valence-corrected chi connectivity index (χ0v) is 10.2. The molecule has 0 fully saturated rings. The Hall–Kier alpha value is -1.48. The monoisotopic (exact) mass is 230 g/mol. The van der Waals surface area contributed by atoms with Gasteiger partial charge in [0, 0.05) is 5.69 Å². The van der Waals surface area contributed by atoms with Crippen LogP contribution in [0.5, 0.6) is 0 Å². The Morgan fingerprint density at radius 3 is 2.44 bits per heavy atom. The molecule has 0 saturated carbocycles. The second kappa shape index (κ2) is 4.58. The summed E-state index contributed by atoms with van der Waals surface area (Å²) in [6.07, 6.45) is 1.63. The predicted molar refractivity (Wildman–Crippen MR) is 68.9 cm³/mol. The van der Waals surface area contributed by atoms with Crippen molar-refractivity contribution in [3.8, 4) is 11.3 Å². The summed E-state index contributed by atoms with van der Waals surface area (Å²) < 4.78 is 0.613. The summed E-state index contributed by atoms with van der Waals surface area (Å²) in [5, 5.41) is 0. The van der Waals surface area contributed by atoms with E-state index in [-0.39, 0.29) is 0 Å². The second-order valence-corrected chi connectivity index (χ2v) is 4.49. The molecule has 1 heterocycles. The Labute approximate surface area is 100 Å². The Morgan fingerprint density at radius 1 is 1.19 bits per heavy atom. The third-order valence-electron chi connectivity index (χ3n) is 2.57. The highest BCUT2D eigenvalue weighted by Crippen LogP contribution is 2.20. The van der Waals surface area contributed by atoms with Crippen molar-refractivity contribution in [1.29, 1.82) is 0 Å². The number of aromatic nitrogens is 2.